The molecule has 2 aliphatic rings. The van der Waals surface area contributed by atoms with Crippen molar-refractivity contribution in [2.75, 3.05) is 30.7 Å². The number of nitrogen functional groups attached to an aromatic ring is 1. The highest BCUT2D eigenvalue weighted by Crippen LogP contribution is 2.33. The minimum atomic E-state index is -4.18. The average molecular weight is 505 g/mol. The third kappa shape index (κ3) is 5.24. The number of likely N-dealkylation sites (tertiary alicyclic amines) is 1. The van der Waals surface area contributed by atoms with Crippen molar-refractivity contribution in [1.82, 2.24) is 29.6 Å². The van der Waals surface area contributed by atoms with Crippen molar-refractivity contribution in [3.8, 4) is 11.1 Å². The molecule has 1 aliphatic carbocycles. The van der Waals surface area contributed by atoms with Gasteiger partial charge in [0.25, 0.3) is 0 Å². The zero-order valence-corrected chi connectivity index (χ0v) is 20.2. The molecular formula is C24H31F3N8O. The van der Waals surface area contributed by atoms with E-state index in [1.54, 1.807) is 12.4 Å². The van der Waals surface area contributed by atoms with Crippen molar-refractivity contribution < 1.29 is 18.3 Å². The number of anilines is 2. The first kappa shape index (κ1) is 24.7. The van der Waals surface area contributed by atoms with E-state index in [9.17, 15) is 18.3 Å². The molecule has 2 fully saturated rings. The molecule has 1 aliphatic heterocycles. The number of halogens is 3. The Hall–Kier alpha value is -2.99. The molecule has 9 nitrogen and oxygen atoms in total. The molecule has 0 bridgehead atoms. The number of aliphatic hydroxyl groups excluding tert-OH is 1. The zero-order valence-electron chi connectivity index (χ0n) is 20.2. The second kappa shape index (κ2) is 9.81. The van der Waals surface area contributed by atoms with Crippen molar-refractivity contribution in [3.63, 3.8) is 0 Å². The molecule has 4 N–H and O–H groups in total. The van der Waals surface area contributed by atoms with Gasteiger partial charge in [0.05, 0.1) is 30.6 Å². The number of fused-ring (bicyclic) bond motifs is 1. The molecule has 0 spiro atoms. The third-order valence-corrected chi connectivity index (χ3v) is 7.13. The van der Waals surface area contributed by atoms with Gasteiger partial charge in [0.15, 0.2) is 5.82 Å². The predicted molar refractivity (Wildman–Crippen MR) is 130 cm³/mol. The largest absolute Gasteiger partial charge is 0.401 e. The predicted octanol–water partition coefficient (Wildman–Crippen LogP) is 3.56. The number of nitrogens with one attached hydrogen (secondary N) is 1. The molecule has 0 radical (unpaired) electrons. The SMILES string of the molecule is CCc1nc2c(N)ncc(-c3cnn(C4CCN(CC(F)(F)F)CC4)c3)c2nc1N[C@@H]1CC[C@H](O)C1. The van der Waals surface area contributed by atoms with Gasteiger partial charge in [-0.15, -0.1) is 0 Å². The van der Waals surface area contributed by atoms with Crippen molar-refractivity contribution in [1.29, 1.82) is 0 Å². The van der Waals surface area contributed by atoms with Crippen LogP contribution in [0.1, 0.15) is 50.8 Å². The standard InChI is InChI=1S/C24H31F3N8O/c1-2-19-23(31-15-3-4-17(36)9-15)33-20-18(11-29-22(28)21(20)32-19)14-10-30-35(12-14)16-5-7-34(8-6-16)13-24(25,26)27/h10-12,15-17,36H,2-9,13H2,1H3,(H2,28,29)(H,31,33)/t15-,17+/m1/s1. The Kier molecular flexibility index (Phi) is 6.73. The summed E-state index contributed by atoms with van der Waals surface area (Å²) in [7, 11) is 0. The number of nitrogens with two attached hydrogens (primary N) is 1. The summed E-state index contributed by atoms with van der Waals surface area (Å²) in [6.45, 7) is 1.88. The summed E-state index contributed by atoms with van der Waals surface area (Å²) in [5.41, 5.74) is 9.62. The van der Waals surface area contributed by atoms with Crippen molar-refractivity contribution >= 4 is 22.7 Å². The highest BCUT2D eigenvalue weighted by Gasteiger charge is 2.33. The topological polar surface area (TPSA) is 118 Å². The summed E-state index contributed by atoms with van der Waals surface area (Å²) in [6, 6.07) is 0.158. The second-order valence-corrected chi connectivity index (χ2v) is 9.77. The molecular weight excluding hydrogens is 473 g/mol. The van der Waals surface area contributed by atoms with E-state index in [-0.39, 0.29) is 18.2 Å². The van der Waals surface area contributed by atoms with Gasteiger partial charge in [-0.25, -0.2) is 15.0 Å². The summed E-state index contributed by atoms with van der Waals surface area (Å²) in [6.07, 6.45) is 4.95. The van der Waals surface area contributed by atoms with Crippen molar-refractivity contribution in [2.24, 2.45) is 0 Å². The number of rotatable bonds is 6. The van der Waals surface area contributed by atoms with Crippen LogP contribution in [0, 0.1) is 0 Å². The second-order valence-electron chi connectivity index (χ2n) is 9.77. The zero-order chi connectivity index (χ0) is 25.4. The van der Waals surface area contributed by atoms with Crippen LogP contribution < -0.4 is 11.1 Å². The first-order valence-corrected chi connectivity index (χ1v) is 12.4. The Balaban J connectivity index is 1.41. The number of hydrogen-bond acceptors (Lipinski definition) is 8. The number of aromatic nitrogens is 5. The van der Waals surface area contributed by atoms with Gasteiger partial charge in [0.1, 0.15) is 16.9 Å². The van der Waals surface area contributed by atoms with E-state index in [0.717, 1.165) is 29.7 Å². The molecule has 12 heteroatoms. The van der Waals surface area contributed by atoms with E-state index in [2.05, 4.69) is 15.4 Å². The number of piperidine rings is 1. The fourth-order valence-electron chi connectivity index (χ4n) is 5.22. The fourth-order valence-corrected chi connectivity index (χ4v) is 5.22. The Morgan fingerprint density at radius 3 is 2.56 bits per heavy atom. The molecule has 3 aromatic rings. The molecule has 0 amide bonds. The van der Waals surface area contributed by atoms with E-state index < -0.39 is 12.7 Å². The van der Waals surface area contributed by atoms with Crippen molar-refractivity contribution in [3.05, 3.63) is 24.3 Å². The lowest BCUT2D eigenvalue weighted by Gasteiger charge is -2.32. The molecule has 4 heterocycles. The molecule has 36 heavy (non-hydrogen) atoms. The third-order valence-electron chi connectivity index (χ3n) is 7.13. The Morgan fingerprint density at radius 2 is 1.89 bits per heavy atom. The molecule has 194 valence electrons. The number of hydrogen-bond donors (Lipinski definition) is 3. The average Bonchev–Trinajstić information content (AvgIpc) is 3.48. The van der Waals surface area contributed by atoms with Crippen LogP contribution in [0.4, 0.5) is 24.8 Å². The van der Waals surface area contributed by atoms with Gasteiger partial charge in [0.2, 0.25) is 0 Å². The lowest BCUT2D eigenvalue weighted by molar-refractivity contribution is -0.148. The Morgan fingerprint density at radius 1 is 1.11 bits per heavy atom. The summed E-state index contributed by atoms with van der Waals surface area (Å²) < 4.78 is 40.0. The van der Waals surface area contributed by atoms with Gasteiger partial charge in [-0.2, -0.15) is 18.3 Å². The quantitative estimate of drug-likeness (QED) is 0.467. The van der Waals surface area contributed by atoms with Crippen LogP contribution in [-0.4, -0.2) is 72.7 Å². The lowest BCUT2D eigenvalue weighted by atomic mass is 10.1. The molecule has 1 saturated carbocycles. The molecule has 2 atom stereocenters. The van der Waals surface area contributed by atoms with Crippen LogP contribution in [0.25, 0.3) is 22.2 Å². The number of pyridine rings is 1. The van der Waals surface area contributed by atoms with Gasteiger partial charge < -0.3 is 16.2 Å². The Labute approximate surface area is 206 Å². The summed E-state index contributed by atoms with van der Waals surface area (Å²) >= 11 is 0. The van der Waals surface area contributed by atoms with Crippen LogP contribution in [0.2, 0.25) is 0 Å². The van der Waals surface area contributed by atoms with Gasteiger partial charge >= 0.3 is 6.18 Å². The van der Waals surface area contributed by atoms with Crippen LogP contribution >= 0.6 is 0 Å². The number of nitrogens with zero attached hydrogens (tertiary/aromatic N) is 6. The summed E-state index contributed by atoms with van der Waals surface area (Å²) in [5.74, 6) is 0.976. The minimum Gasteiger partial charge on any atom is -0.393 e. The van der Waals surface area contributed by atoms with E-state index in [1.807, 2.05) is 17.8 Å². The lowest BCUT2D eigenvalue weighted by Crippen LogP contribution is -2.40. The molecule has 3 aromatic heterocycles. The smallest absolute Gasteiger partial charge is 0.393 e. The normalized spacial score (nSPS) is 21.9. The molecule has 0 unspecified atom stereocenters. The maximum atomic E-state index is 12.7. The van der Waals surface area contributed by atoms with Gasteiger partial charge in [-0.05, 0) is 38.5 Å². The highest BCUT2D eigenvalue weighted by atomic mass is 19.4. The summed E-state index contributed by atoms with van der Waals surface area (Å²) in [4.78, 5) is 15.5. The van der Waals surface area contributed by atoms with E-state index in [0.29, 0.717) is 61.4 Å². The summed E-state index contributed by atoms with van der Waals surface area (Å²) in [5, 5.41) is 17.9. The monoisotopic (exact) mass is 504 g/mol. The van der Waals surface area contributed by atoms with Crippen LogP contribution in [0.3, 0.4) is 0 Å². The van der Waals surface area contributed by atoms with Crippen LogP contribution in [0.15, 0.2) is 18.6 Å². The molecule has 5 rings (SSSR count). The number of alkyl halides is 3. The van der Waals surface area contributed by atoms with Crippen LogP contribution in [0.5, 0.6) is 0 Å². The molecule has 1 saturated heterocycles. The maximum Gasteiger partial charge on any atom is 0.401 e. The van der Waals surface area contributed by atoms with E-state index in [1.165, 1.54) is 4.90 Å². The highest BCUT2D eigenvalue weighted by molar-refractivity contribution is 5.96. The van der Waals surface area contributed by atoms with Gasteiger partial charge in [-0.1, -0.05) is 6.92 Å². The first-order chi connectivity index (χ1) is 17.2. The van der Waals surface area contributed by atoms with Gasteiger partial charge in [0, 0.05) is 42.7 Å². The number of aliphatic hydroxyl groups is 1. The Bertz CT molecular complexity index is 1220. The first-order valence-electron chi connectivity index (χ1n) is 12.4. The van der Waals surface area contributed by atoms with Crippen LogP contribution in [-0.2, 0) is 6.42 Å². The van der Waals surface area contributed by atoms with Gasteiger partial charge in [-0.3, -0.25) is 9.58 Å². The minimum absolute atomic E-state index is 0.0278. The van der Waals surface area contributed by atoms with E-state index >= 15 is 0 Å². The maximum absolute atomic E-state index is 12.7. The van der Waals surface area contributed by atoms with Crippen molar-refractivity contribution in [2.45, 2.75) is 69.8 Å². The molecule has 0 aromatic carbocycles. The number of aryl methyl sites for hydroxylation is 1. The van der Waals surface area contributed by atoms with E-state index in [4.69, 9.17) is 15.7 Å². The fraction of sp³-hybridized carbons (Fsp3) is 0.583.